The van der Waals surface area contributed by atoms with E-state index in [0.717, 1.165) is 0 Å². The first-order valence-electron chi connectivity index (χ1n) is 4.47. The van der Waals surface area contributed by atoms with Gasteiger partial charge in [-0.1, -0.05) is 11.6 Å². The number of carbonyl (C=O) groups excluding carboxylic acids is 1. The third-order valence-corrected chi connectivity index (χ3v) is 2.37. The van der Waals surface area contributed by atoms with Crippen molar-refractivity contribution < 1.29 is 31.1 Å². The molecule has 3 N–H and O–H groups in total. The maximum atomic E-state index is 12.5. The Bertz CT molecular complexity index is 511. The highest BCUT2D eigenvalue weighted by atomic mass is 35.5. The van der Waals surface area contributed by atoms with Gasteiger partial charge in [0.05, 0.1) is 21.8 Å². The maximum Gasteiger partial charge on any atom is 0.417 e. The van der Waals surface area contributed by atoms with Crippen LogP contribution in [0.2, 0.25) is 5.02 Å². The van der Waals surface area contributed by atoms with Crippen LogP contribution in [-0.4, -0.2) is 6.03 Å². The minimum absolute atomic E-state index is 0.144. The molecule has 0 atom stereocenters. The number of hydrogen-bond acceptors (Lipinski definition) is 1. The highest BCUT2D eigenvalue weighted by Crippen LogP contribution is 2.42. The molecule has 19 heavy (non-hydrogen) atoms. The zero-order valence-corrected chi connectivity index (χ0v) is 9.54. The van der Waals surface area contributed by atoms with Gasteiger partial charge in [0, 0.05) is 0 Å². The number of carbonyl (C=O) groups is 1. The molecule has 0 bridgehead atoms. The van der Waals surface area contributed by atoms with Gasteiger partial charge < -0.3 is 11.1 Å². The summed E-state index contributed by atoms with van der Waals surface area (Å²) in [7, 11) is 0. The molecule has 0 heterocycles. The SMILES string of the molecule is NC(=O)Nc1cc(C(F)(F)F)cc(C(F)(F)F)c1Cl. The van der Waals surface area contributed by atoms with Crippen molar-refractivity contribution in [2.24, 2.45) is 5.73 Å². The summed E-state index contributed by atoms with van der Waals surface area (Å²) in [6, 6.07) is -1.22. The van der Waals surface area contributed by atoms with Gasteiger partial charge in [-0.15, -0.1) is 0 Å². The Balaban J connectivity index is 3.52. The zero-order chi connectivity index (χ0) is 15.0. The van der Waals surface area contributed by atoms with Gasteiger partial charge >= 0.3 is 18.4 Å². The number of rotatable bonds is 1. The lowest BCUT2D eigenvalue weighted by Crippen LogP contribution is -2.21. The average Bonchev–Trinajstić information content (AvgIpc) is 2.16. The number of urea groups is 1. The van der Waals surface area contributed by atoms with E-state index in [1.165, 1.54) is 0 Å². The summed E-state index contributed by atoms with van der Waals surface area (Å²) in [6.45, 7) is 0. The molecule has 10 heteroatoms. The summed E-state index contributed by atoms with van der Waals surface area (Å²) in [6.07, 6.45) is -10.1. The van der Waals surface area contributed by atoms with Crippen molar-refractivity contribution >= 4 is 23.3 Å². The molecule has 1 aromatic rings. The topological polar surface area (TPSA) is 55.1 Å². The summed E-state index contributed by atoms with van der Waals surface area (Å²) < 4.78 is 75.0. The third kappa shape index (κ3) is 3.66. The minimum Gasteiger partial charge on any atom is -0.351 e. The normalized spacial score (nSPS) is 12.4. The monoisotopic (exact) mass is 306 g/mol. The molecule has 2 amide bonds. The predicted molar refractivity (Wildman–Crippen MR) is 54.7 cm³/mol. The van der Waals surface area contributed by atoms with Gasteiger partial charge in [-0.05, 0) is 12.1 Å². The van der Waals surface area contributed by atoms with E-state index in [1.54, 1.807) is 5.32 Å². The average molecular weight is 307 g/mol. The molecule has 1 aromatic carbocycles. The van der Waals surface area contributed by atoms with Gasteiger partial charge in [-0.25, -0.2) is 4.79 Å². The van der Waals surface area contributed by atoms with E-state index in [0.29, 0.717) is 0 Å². The third-order valence-electron chi connectivity index (χ3n) is 1.96. The number of nitrogens with one attached hydrogen (secondary N) is 1. The predicted octanol–water partition coefficient (Wildman–Crippen LogP) is 3.87. The van der Waals surface area contributed by atoms with Crippen LogP contribution in [0.1, 0.15) is 11.1 Å². The second-order valence-corrected chi connectivity index (χ2v) is 3.75. The van der Waals surface area contributed by atoms with Crippen LogP contribution in [0.3, 0.4) is 0 Å². The second-order valence-electron chi connectivity index (χ2n) is 3.37. The van der Waals surface area contributed by atoms with E-state index in [9.17, 15) is 31.1 Å². The summed E-state index contributed by atoms with van der Waals surface area (Å²) in [5.41, 5.74) is 0.457. The summed E-state index contributed by atoms with van der Waals surface area (Å²) in [5.74, 6) is 0. The first-order valence-corrected chi connectivity index (χ1v) is 4.85. The number of amides is 2. The molecule has 0 aliphatic heterocycles. The molecule has 0 fully saturated rings. The standard InChI is InChI=1S/C9H5ClF6N2O/c10-6-4(9(14,15)16)1-3(8(11,12)13)2-5(6)18-7(17)19/h1-2H,(H3,17,18,19). The number of nitrogens with two attached hydrogens (primary N) is 1. The van der Waals surface area contributed by atoms with Crippen LogP contribution in [0, 0.1) is 0 Å². The Morgan fingerprint density at radius 1 is 1.11 bits per heavy atom. The van der Waals surface area contributed by atoms with Gasteiger partial charge in [0.15, 0.2) is 0 Å². The highest BCUT2D eigenvalue weighted by Gasteiger charge is 2.39. The molecule has 106 valence electrons. The first kappa shape index (κ1) is 15.4. The lowest BCUT2D eigenvalue weighted by Gasteiger charge is -2.16. The largest absolute Gasteiger partial charge is 0.417 e. The van der Waals surface area contributed by atoms with Crippen molar-refractivity contribution in [1.29, 1.82) is 0 Å². The van der Waals surface area contributed by atoms with E-state index in [1.807, 2.05) is 0 Å². The van der Waals surface area contributed by atoms with Crippen LogP contribution in [0.25, 0.3) is 0 Å². The fourth-order valence-electron chi connectivity index (χ4n) is 1.22. The molecule has 0 aromatic heterocycles. The van der Waals surface area contributed by atoms with Gasteiger partial charge in [-0.2, -0.15) is 26.3 Å². The number of primary amides is 1. The molecule has 0 unspecified atom stereocenters. The van der Waals surface area contributed by atoms with Crippen LogP contribution in [0.4, 0.5) is 36.8 Å². The Hall–Kier alpha value is -1.64. The maximum absolute atomic E-state index is 12.5. The number of alkyl halides is 6. The van der Waals surface area contributed by atoms with E-state index < -0.39 is 40.2 Å². The molecular formula is C9H5ClF6N2O. The number of benzene rings is 1. The number of anilines is 1. The zero-order valence-electron chi connectivity index (χ0n) is 8.79. The first-order chi connectivity index (χ1) is 8.43. The van der Waals surface area contributed by atoms with Gasteiger partial charge in [-0.3, -0.25) is 0 Å². The van der Waals surface area contributed by atoms with E-state index in [-0.39, 0.29) is 12.1 Å². The van der Waals surface area contributed by atoms with Crippen LogP contribution >= 0.6 is 11.6 Å². The van der Waals surface area contributed by atoms with E-state index in [2.05, 4.69) is 5.73 Å². The van der Waals surface area contributed by atoms with Crippen LogP contribution in [0.5, 0.6) is 0 Å². The molecule has 0 aliphatic rings. The van der Waals surface area contributed by atoms with Gasteiger partial charge in [0.2, 0.25) is 0 Å². The Kier molecular flexibility index (Phi) is 3.89. The Morgan fingerprint density at radius 3 is 2.00 bits per heavy atom. The van der Waals surface area contributed by atoms with Gasteiger partial charge in [0.1, 0.15) is 0 Å². The van der Waals surface area contributed by atoms with E-state index in [4.69, 9.17) is 11.6 Å². The lowest BCUT2D eigenvalue weighted by molar-refractivity contribution is -0.142. The van der Waals surface area contributed by atoms with Crippen LogP contribution in [-0.2, 0) is 12.4 Å². The summed E-state index contributed by atoms with van der Waals surface area (Å²) in [5, 5.41) is 0.535. The molecule has 0 saturated carbocycles. The second kappa shape index (κ2) is 4.80. The Morgan fingerprint density at radius 2 is 1.63 bits per heavy atom. The van der Waals surface area contributed by atoms with E-state index >= 15 is 0 Å². The summed E-state index contributed by atoms with van der Waals surface area (Å²) in [4.78, 5) is 10.5. The fraction of sp³-hybridized carbons (Fsp3) is 0.222. The Labute approximate surface area is 107 Å². The van der Waals surface area contributed by atoms with Crippen LogP contribution < -0.4 is 11.1 Å². The van der Waals surface area contributed by atoms with Crippen LogP contribution in [0.15, 0.2) is 12.1 Å². The van der Waals surface area contributed by atoms with Crippen molar-refractivity contribution in [3.8, 4) is 0 Å². The minimum atomic E-state index is -5.10. The highest BCUT2D eigenvalue weighted by molar-refractivity contribution is 6.34. The number of hydrogen-bond donors (Lipinski definition) is 2. The van der Waals surface area contributed by atoms with Crippen molar-refractivity contribution in [3.05, 3.63) is 28.3 Å². The quantitative estimate of drug-likeness (QED) is 0.760. The molecule has 0 radical (unpaired) electrons. The molecule has 0 aliphatic carbocycles. The van der Waals surface area contributed by atoms with Gasteiger partial charge in [0.25, 0.3) is 0 Å². The van der Waals surface area contributed by atoms with Crippen molar-refractivity contribution in [3.63, 3.8) is 0 Å². The molecule has 0 saturated heterocycles. The molecule has 1 rings (SSSR count). The smallest absolute Gasteiger partial charge is 0.351 e. The number of halogens is 7. The lowest BCUT2D eigenvalue weighted by atomic mass is 10.1. The van der Waals surface area contributed by atoms with Crippen molar-refractivity contribution in [1.82, 2.24) is 0 Å². The molecule has 0 spiro atoms. The van der Waals surface area contributed by atoms with Crippen molar-refractivity contribution in [2.45, 2.75) is 12.4 Å². The van der Waals surface area contributed by atoms with Crippen molar-refractivity contribution in [2.75, 3.05) is 5.32 Å². The fourth-order valence-corrected chi connectivity index (χ4v) is 1.48. The summed E-state index contributed by atoms with van der Waals surface area (Å²) >= 11 is 5.30. The molecule has 3 nitrogen and oxygen atoms in total. The molecular weight excluding hydrogens is 302 g/mol.